The van der Waals surface area contributed by atoms with Crippen LogP contribution in [0.15, 0.2) is 24.3 Å². The second kappa shape index (κ2) is 8.63. The summed E-state index contributed by atoms with van der Waals surface area (Å²) in [6, 6.07) is 6.84. The normalized spacial score (nSPS) is 12.6. The summed E-state index contributed by atoms with van der Waals surface area (Å²) in [4.78, 5) is 12.6. The molecular formula is C14H23N3O3. The van der Waals surface area contributed by atoms with Crippen LogP contribution in [-0.4, -0.2) is 50.2 Å². The summed E-state index contributed by atoms with van der Waals surface area (Å²) >= 11 is 0. The van der Waals surface area contributed by atoms with Gasteiger partial charge in [-0.1, -0.05) is 12.1 Å². The van der Waals surface area contributed by atoms with Gasteiger partial charge in [-0.3, -0.25) is 10.1 Å². The predicted octanol–water partition coefficient (Wildman–Crippen LogP) is 1.82. The number of hydrogen-bond donors (Lipinski definition) is 1. The van der Waals surface area contributed by atoms with E-state index in [2.05, 4.69) is 10.2 Å². The van der Waals surface area contributed by atoms with Gasteiger partial charge in [0.05, 0.1) is 11.5 Å². The summed E-state index contributed by atoms with van der Waals surface area (Å²) in [5.74, 6) is 0. The van der Waals surface area contributed by atoms with Crippen LogP contribution >= 0.6 is 0 Å². The highest BCUT2D eigenvalue weighted by Gasteiger charge is 2.10. The fourth-order valence-electron chi connectivity index (χ4n) is 1.86. The van der Waals surface area contributed by atoms with Crippen LogP contribution in [0, 0.1) is 10.1 Å². The van der Waals surface area contributed by atoms with Crippen molar-refractivity contribution < 1.29 is 9.66 Å². The third kappa shape index (κ3) is 5.64. The highest BCUT2D eigenvalue weighted by molar-refractivity contribution is 5.35. The van der Waals surface area contributed by atoms with Gasteiger partial charge in [0.1, 0.15) is 0 Å². The van der Waals surface area contributed by atoms with Gasteiger partial charge in [-0.15, -0.1) is 0 Å². The van der Waals surface area contributed by atoms with Crippen molar-refractivity contribution in [2.24, 2.45) is 0 Å². The van der Waals surface area contributed by atoms with Crippen LogP contribution in [0.25, 0.3) is 0 Å². The number of nitrogens with one attached hydrogen (secondary N) is 1. The molecule has 0 aliphatic carbocycles. The van der Waals surface area contributed by atoms with Gasteiger partial charge in [0.2, 0.25) is 0 Å². The van der Waals surface area contributed by atoms with Crippen molar-refractivity contribution >= 4 is 5.69 Å². The molecule has 1 unspecified atom stereocenters. The number of methoxy groups -OCH3 is 1. The Labute approximate surface area is 119 Å². The van der Waals surface area contributed by atoms with Crippen LogP contribution in [0.5, 0.6) is 0 Å². The first-order valence-electron chi connectivity index (χ1n) is 6.69. The van der Waals surface area contributed by atoms with E-state index >= 15 is 0 Å². The molecule has 1 N–H and O–H groups in total. The molecular weight excluding hydrogens is 258 g/mol. The molecule has 20 heavy (non-hydrogen) atoms. The third-order valence-corrected chi connectivity index (χ3v) is 3.20. The van der Waals surface area contributed by atoms with Crippen LogP contribution in [0.2, 0.25) is 0 Å². The zero-order valence-corrected chi connectivity index (χ0v) is 12.3. The first-order valence-corrected chi connectivity index (χ1v) is 6.69. The Balaban J connectivity index is 2.41. The van der Waals surface area contributed by atoms with Gasteiger partial charge in [-0.2, -0.15) is 0 Å². The lowest BCUT2D eigenvalue weighted by atomic mass is 10.1. The number of benzene rings is 1. The van der Waals surface area contributed by atoms with Crippen molar-refractivity contribution in [3.8, 4) is 0 Å². The minimum absolute atomic E-state index is 0.0886. The van der Waals surface area contributed by atoms with Gasteiger partial charge in [-0.25, -0.2) is 0 Å². The van der Waals surface area contributed by atoms with Crippen LogP contribution in [0.1, 0.15) is 18.5 Å². The Morgan fingerprint density at radius 1 is 1.45 bits per heavy atom. The molecule has 0 bridgehead atoms. The van der Waals surface area contributed by atoms with Crippen molar-refractivity contribution in [3.05, 3.63) is 39.9 Å². The Hall–Kier alpha value is -1.50. The van der Waals surface area contributed by atoms with Crippen molar-refractivity contribution in [2.75, 3.05) is 40.4 Å². The van der Waals surface area contributed by atoms with Crippen molar-refractivity contribution in [3.63, 3.8) is 0 Å². The highest BCUT2D eigenvalue weighted by atomic mass is 16.6. The summed E-state index contributed by atoms with van der Waals surface area (Å²) in [5, 5.41) is 14.1. The van der Waals surface area contributed by atoms with Crippen LogP contribution in [-0.2, 0) is 4.74 Å². The highest BCUT2D eigenvalue weighted by Crippen LogP contribution is 2.18. The van der Waals surface area contributed by atoms with Crippen molar-refractivity contribution in [1.29, 1.82) is 0 Å². The number of nitro groups is 1. The monoisotopic (exact) mass is 281 g/mol. The molecule has 0 heterocycles. The third-order valence-electron chi connectivity index (χ3n) is 3.20. The van der Waals surface area contributed by atoms with Crippen LogP contribution < -0.4 is 5.32 Å². The lowest BCUT2D eigenvalue weighted by molar-refractivity contribution is -0.384. The summed E-state index contributed by atoms with van der Waals surface area (Å²) in [5.41, 5.74) is 1.06. The number of nitro benzene ring substituents is 1. The van der Waals surface area contributed by atoms with Gasteiger partial charge < -0.3 is 15.0 Å². The average Bonchev–Trinajstić information content (AvgIpc) is 2.45. The molecule has 0 aromatic heterocycles. The van der Waals surface area contributed by atoms with E-state index in [9.17, 15) is 10.1 Å². The molecule has 1 aromatic rings. The molecule has 1 rings (SSSR count). The minimum Gasteiger partial charge on any atom is -0.383 e. The number of non-ortho nitro benzene ring substituents is 1. The first-order chi connectivity index (χ1) is 9.54. The number of ether oxygens (including phenoxy) is 1. The Kier molecular flexibility index (Phi) is 7.14. The molecule has 1 atom stereocenters. The van der Waals surface area contributed by atoms with E-state index in [-0.39, 0.29) is 16.7 Å². The van der Waals surface area contributed by atoms with Crippen molar-refractivity contribution in [1.82, 2.24) is 10.2 Å². The topological polar surface area (TPSA) is 67.6 Å². The number of nitrogens with zero attached hydrogens (tertiary/aromatic N) is 2. The second-order valence-corrected chi connectivity index (χ2v) is 4.82. The Morgan fingerprint density at radius 2 is 2.20 bits per heavy atom. The molecule has 0 amide bonds. The molecule has 112 valence electrons. The first kappa shape index (κ1) is 16.6. The van der Waals surface area contributed by atoms with E-state index in [1.807, 2.05) is 20.0 Å². The number of rotatable bonds is 9. The summed E-state index contributed by atoms with van der Waals surface area (Å²) < 4.78 is 5.02. The minimum atomic E-state index is -0.366. The summed E-state index contributed by atoms with van der Waals surface area (Å²) in [7, 11) is 3.73. The number of hydrogen-bond acceptors (Lipinski definition) is 5. The predicted molar refractivity (Wildman–Crippen MR) is 78.9 cm³/mol. The standard InChI is InChI=1S/C14H23N3O3/c1-12(15-7-8-16(2)9-10-20-3)13-5-4-6-14(11-13)17(18)19/h4-6,11-12,15H,7-10H2,1-3H3. The quantitative estimate of drug-likeness (QED) is 0.552. The molecule has 1 aromatic carbocycles. The molecule has 0 aliphatic heterocycles. The molecule has 0 fully saturated rings. The molecule has 0 aliphatic rings. The van der Waals surface area contributed by atoms with Crippen molar-refractivity contribution in [2.45, 2.75) is 13.0 Å². The number of likely N-dealkylation sites (N-methyl/N-ethyl adjacent to an activating group) is 1. The van der Waals surface area contributed by atoms with Crippen LogP contribution in [0.3, 0.4) is 0 Å². The molecule has 0 radical (unpaired) electrons. The summed E-state index contributed by atoms with van der Waals surface area (Å²) in [6.07, 6.45) is 0. The fraction of sp³-hybridized carbons (Fsp3) is 0.571. The molecule has 0 saturated carbocycles. The van der Waals surface area contributed by atoms with E-state index in [0.717, 1.165) is 31.8 Å². The molecule has 0 spiro atoms. The van der Waals surface area contributed by atoms with Gasteiger partial charge in [0.25, 0.3) is 5.69 Å². The lowest BCUT2D eigenvalue weighted by Crippen LogP contribution is -2.32. The fourth-order valence-corrected chi connectivity index (χ4v) is 1.86. The SMILES string of the molecule is COCCN(C)CCNC(C)c1cccc([N+](=O)[O-])c1. The lowest BCUT2D eigenvalue weighted by Gasteiger charge is -2.19. The maximum absolute atomic E-state index is 10.7. The molecule has 0 saturated heterocycles. The largest absolute Gasteiger partial charge is 0.383 e. The Bertz CT molecular complexity index is 426. The van der Waals surface area contributed by atoms with Gasteiger partial charge in [0, 0.05) is 44.9 Å². The van der Waals surface area contributed by atoms with Gasteiger partial charge in [0.15, 0.2) is 0 Å². The average molecular weight is 281 g/mol. The zero-order chi connectivity index (χ0) is 15.0. The molecule has 6 heteroatoms. The molecule has 6 nitrogen and oxygen atoms in total. The van der Waals surface area contributed by atoms with Crippen LogP contribution in [0.4, 0.5) is 5.69 Å². The Morgan fingerprint density at radius 3 is 2.85 bits per heavy atom. The van der Waals surface area contributed by atoms with Gasteiger partial charge >= 0.3 is 0 Å². The smallest absolute Gasteiger partial charge is 0.269 e. The maximum atomic E-state index is 10.7. The van der Waals surface area contributed by atoms with E-state index in [0.29, 0.717) is 0 Å². The summed E-state index contributed by atoms with van der Waals surface area (Å²) in [6.45, 7) is 5.35. The van der Waals surface area contributed by atoms with E-state index in [4.69, 9.17) is 4.74 Å². The second-order valence-electron chi connectivity index (χ2n) is 4.82. The maximum Gasteiger partial charge on any atom is 0.269 e. The van der Waals surface area contributed by atoms with E-state index < -0.39 is 0 Å². The van der Waals surface area contributed by atoms with Gasteiger partial charge in [-0.05, 0) is 19.5 Å². The zero-order valence-electron chi connectivity index (χ0n) is 12.3. The van der Waals surface area contributed by atoms with E-state index in [1.54, 1.807) is 19.2 Å². The van der Waals surface area contributed by atoms with E-state index in [1.165, 1.54) is 6.07 Å².